The average Bonchev–Trinajstić information content (AvgIpc) is 3.52. The standard InChI is InChI=1S/C45H47N3.C17H19N.C11H7Br2N/c1(8-18-36-28-30-43(46-33-36)38-20-12-5-13-21-38)3-10-26-41-32-45(40-24-16-7-17-25-40)48-35-42(41)27-11-4-2-9-19-37-29-31-44(47-34-37)39-22-14-6-15-23-39;1-2-3-4-6-9-15-12-13-17(18-14-15)16-10-7-5-8-11-16;12-9-6-11(14-7-10(9)13)8-4-2-1-3-5-8/h5-7,12-17,20-25,28-35H,1-4,8-11,18-19,26-27H2;2,5,7-8,10-14H,1,3-4,6,9H2;1-7H. The van der Waals surface area contributed by atoms with Crippen molar-refractivity contribution in [1.29, 1.82) is 0 Å². The van der Waals surface area contributed by atoms with Gasteiger partial charge in [-0.1, -0.05) is 202 Å². The maximum atomic E-state index is 4.90. The van der Waals surface area contributed by atoms with E-state index in [1.54, 1.807) is 6.20 Å². The van der Waals surface area contributed by atoms with Gasteiger partial charge in [-0.3, -0.25) is 24.9 Å². The second-order valence-corrected chi connectivity index (χ2v) is 21.9. The van der Waals surface area contributed by atoms with Gasteiger partial charge >= 0.3 is 0 Å². The third-order valence-corrected chi connectivity index (χ3v) is 16.0. The van der Waals surface area contributed by atoms with Crippen molar-refractivity contribution in [2.24, 2.45) is 0 Å². The molecule has 80 heavy (non-hydrogen) atoms. The largest absolute Gasteiger partial charge is 0.256 e. The molecule has 0 aliphatic heterocycles. The number of nitrogens with zero attached hydrogens (tertiary/aromatic N) is 5. The molecule has 404 valence electrons. The molecule has 5 aromatic heterocycles. The van der Waals surface area contributed by atoms with Gasteiger partial charge in [0.2, 0.25) is 0 Å². The van der Waals surface area contributed by atoms with Crippen molar-refractivity contribution in [1.82, 2.24) is 24.9 Å². The first-order chi connectivity index (χ1) is 39.5. The number of unbranched alkanes of at least 4 members (excludes halogenated alkanes) is 8. The highest BCUT2D eigenvalue weighted by atomic mass is 79.9. The van der Waals surface area contributed by atoms with Crippen molar-refractivity contribution < 1.29 is 0 Å². The zero-order valence-electron chi connectivity index (χ0n) is 46.0. The third kappa shape index (κ3) is 19.4. The lowest BCUT2D eigenvalue weighted by Gasteiger charge is -2.12. The Morgan fingerprint density at radius 1 is 0.287 bits per heavy atom. The molecule has 5 heterocycles. The van der Waals surface area contributed by atoms with Crippen LogP contribution < -0.4 is 0 Å². The Morgan fingerprint density at radius 3 is 0.975 bits per heavy atom. The molecule has 0 spiro atoms. The van der Waals surface area contributed by atoms with Crippen LogP contribution in [0.4, 0.5) is 0 Å². The molecule has 5 aromatic carbocycles. The summed E-state index contributed by atoms with van der Waals surface area (Å²) >= 11 is 6.85. The Morgan fingerprint density at radius 2 is 0.613 bits per heavy atom. The molecule has 0 N–H and O–H groups in total. The topological polar surface area (TPSA) is 64.5 Å². The molecule has 0 amide bonds. The van der Waals surface area contributed by atoms with Gasteiger partial charge in [0.15, 0.2) is 0 Å². The summed E-state index contributed by atoms with van der Waals surface area (Å²) in [6, 6.07) is 69.2. The van der Waals surface area contributed by atoms with E-state index in [4.69, 9.17) is 15.0 Å². The molecule has 0 atom stereocenters. The van der Waals surface area contributed by atoms with Crippen LogP contribution in [-0.2, 0) is 32.1 Å². The molecule has 0 unspecified atom stereocenters. The SMILES string of the molecule is Brc1cnc(-c2ccccc2)cc1Br.C=CCCCCc1ccc(-c2ccccc2)nc1.c1ccc(-c2ccc(CCCCCCc3cnc(-c4ccccc4)cc3CCCCCCc3ccc(-c4ccccc4)nc3)cn2)cc1. The maximum absolute atomic E-state index is 4.90. The highest BCUT2D eigenvalue weighted by Gasteiger charge is 2.09. The van der Waals surface area contributed by atoms with Gasteiger partial charge in [-0.15, -0.1) is 6.58 Å². The van der Waals surface area contributed by atoms with E-state index in [9.17, 15) is 0 Å². The van der Waals surface area contributed by atoms with Crippen LogP contribution in [0.2, 0.25) is 0 Å². The van der Waals surface area contributed by atoms with E-state index in [-0.39, 0.29) is 0 Å². The zero-order valence-corrected chi connectivity index (χ0v) is 49.2. The summed E-state index contributed by atoms with van der Waals surface area (Å²) in [5.41, 5.74) is 17.9. The van der Waals surface area contributed by atoms with Crippen LogP contribution in [-0.4, -0.2) is 24.9 Å². The van der Waals surface area contributed by atoms with Crippen LogP contribution >= 0.6 is 31.9 Å². The van der Waals surface area contributed by atoms with Crippen LogP contribution in [0, 0.1) is 0 Å². The molecule has 7 heteroatoms. The predicted octanol–water partition coefficient (Wildman–Crippen LogP) is 20.5. The van der Waals surface area contributed by atoms with Crippen molar-refractivity contribution in [2.75, 3.05) is 0 Å². The quantitative estimate of drug-likeness (QED) is 0.0446. The van der Waals surface area contributed by atoms with Gasteiger partial charge < -0.3 is 0 Å². The van der Waals surface area contributed by atoms with Gasteiger partial charge in [0, 0.05) is 63.3 Å². The number of benzene rings is 5. The van der Waals surface area contributed by atoms with Crippen LogP contribution in [0.5, 0.6) is 0 Å². The highest BCUT2D eigenvalue weighted by molar-refractivity contribution is 9.13. The normalized spacial score (nSPS) is 10.7. The van der Waals surface area contributed by atoms with E-state index in [1.807, 2.05) is 79.0 Å². The lowest BCUT2D eigenvalue weighted by atomic mass is 9.96. The van der Waals surface area contributed by atoms with Gasteiger partial charge in [0.25, 0.3) is 0 Å². The van der Waals surface area contributed by atoms with Gasteiger partial charge in [-0.25, -0.2) is 0 Å². The smallest absolute Gasteiger partial charge is 0.0714 e. The van der Waals surface area contributed by atoms with E-state index in [1.165, 1.54) is 114 Å². The van der Waals surface area contributed by atoms with Crippen molar-refractivity contribution >= 4 is 31.9 Å². The number of aromatic nitrogens is 5. The van der Waals surface area contributed by atoms with E-state index in [2.05, 4.69) is 200 Å². The number of hydrogen-bond donors (Lipinski definition) is 0. The van der Waals surface area contributed by atoms with Gasteiger partial charge in [0.1, 0.15) is 0 Å². The third-order valence-electron chi connectivity index (χ3n) is 14.2. The monoisotopic (exact) mass is 1180 g/mol. The minimum atomic E-state index is 0.970. The minimum Gasteiger partial charge on any atom is -0.256 e. The van der Waals surface area contributed by atoms with Crippen LogP contribution in [0.3, 0.4) is 0 Å². The second kappa shape index (κ2) is 33.2. The molecule has 0 saturated carbocycles. The van der Waals surface area contributed by atoms with Crippen molar-refractivity contribution in [3.05, 3.63) is 281 Å². The van der Waals surface area contributed by atoms with Crippen molar-refractivity contribution in [3.63, 3.8) is 0 Å². The fourth-order valence-electron chi connectivity index (χ4n) is 9.60. The lowest BCUT2D eigenvalue weighted by molar-refractivity contribution is 0.626. The Hall–Kier alpha value is -7.45. The first-order valence-corrected chi connectivity index (χ1v) is 30.1. The number of rotatable bonds is 24. The summed E-state index contributed by atoms with van der Waals surface area (Å²) in [7, 11) is 0. The molecular weight excluding hydrogens is 1110 g/mol. The second-order valence-electron chi connectivity index (χ2n) is 20.2. The molecule has 0 fully saturated rings. The number of aryl methyl sites for hydroxylation is 5. The maximum Gasteiger partial charge on any atom is 0.0714 e. The summed E-state index contributed by atoms with van der Waals surface area (Å²) in [6.45, 7) is 3.74. The number of allylic oxidation sites excluding steroid dienone is 1. The van der Waals surface area contributed by atoms with Gasteiger partial charge in [0.05, 0.1) is 32.9 Å². The Labute approximate surface area is 493 Å². The number of pyridine rings is 5. The van der Waals surface area contributed by atoms with Gasteiger partial charge in [-0.05, 0) is 167 Å². The molecule has 10 rings (SSSR count). The Balaban J connectivity index is 0.000000212. The van der Waals surface area contributed by atoms with Gasteiger partial charge in [-0.2, -0.15) is 0 Å². The predicted molar refractivity (Wildman–Crippen MR) is 343 cm³/mol. The number of halogens is 2. The Bertz CT molecular complexity index is 3320. The molecule has 0 aliphatic carbocycles. The van der Waals surface area contributed by atoms with Crippen LogP contribution in [0.1, 0.15) is 98.4 Å². The van der Waals surface area contributed by atoms with E-state index in [0.717, 1.165) is 81.5 Å². The van der Waals surface area contributed by atoms with Crippen LogP contribution in [0.25, 0.3) is 56.3 Å². The molecule has 10 aromatic rings. The fraction of sp³-hybridized carbons (Fsp3) is 0.219. The molecule has 5 nitrogen and oxygen atoms in total. The highest BCUT2D eigenvalue weighted by Crippen LogP contribution is 2.28. The fourth-order valence-corrected chi connectivity index (χ4v) is 10.1. The minimum absolute atomic E-state index is 0.970. The van der Waals surface area contributed by atoms with Crippen molar-refractivity contribution in [3.8, 4) is 56.3 Å². The van der Waals surface area contributed by atoms with E-state index in [0.29, 0.717) is 0 Å². The van der Waals surface area contributed by atoms with E-state index < -0.39 is 0 Å². The summed E-state index contributed by atoms with van der Waals surface area (Å²) in [4.78, 5) is 23.2. The first-order valence-electron chi connectivity index (χ1n) is 28.5. The molecule has 0 aliphatic rings. The summed E-state index contributed by atoms with van der Waals surface area (Å²) in [5.74, 6) is 0. The molecular formula is C73H73Br2N5. The average molecular weight is 1180 g/mol. The zero-order chi connectivity index (χ0) is 55.2. The molecule has 0 radical (unpaired) electrons. The first kappa shape index (κ1) is 58.7. The van der Waals surface area contributed by atoms with Crippen molar-refractivity contribution in [2.45, 2.75) is 103 Å². The summed E-state index contributed by atoms with van der Waals surface area (Å²) in [6.07, 6.45) is 30.9. The Kier molecular flexibility index (Phi) is 24.4. The molecule has 0 saturated heterocycles. The summed E-state index contributed by atoms with van der Waals surface area (Å²) < 4.78 is 1.99. The van der Waals surface area contributed by atoms with Crippen LogP contribution in [0.15, 0.2) is 253 Å². The van der Waals surface area contributed by atoms with E-state index >= 15 is 0 Å². The molecule has 0 bridgehead atoms. The lowest BCUT2D eigenvalue weighted by Crippen LogP contribution is -1.99. The number of hydrogen-bond acceptors (Lipinski definition) is 5. The summed E-state index contributed by atoms with van der Waals surface area (Å²) in [5, 5.41) is 0.